The van der Waals surface area contributed by atoms with Gasteiger partial charge >= 0.3 is 0 Å². The molecule has 2 N–H and O–H groups in total. The maximum Gasteiger partial charge on any atom is 0.122 e. The third-order valence-electron chi connectivity index (χ3n) is 3.42. The molecule has 4 heteroatoms. The van der Waals surface area contributed by atoms with Crippen molar-refractivity contribution >= 4 is 23.2 Å². The van der Waals surface area contributed by atoms with Crippen molar-refractivity contribution in [1.82, 2.24) is 0 Å². The molecule has 0 aromatic heterocycles. The molecule has 0 aliphatic carbocycles. The zero-order valence-corrected chi connectivity index (χ0v) is 13.2. The van der Waals surface area contributed by atoms with Crippen LogP contribution in [0.1, 0.15) is 28.3 Å². The molecule has 2 nitrogen and oxygen atoms in total. The van der Waals surface area contributed by atoms with Crippen LogP contribution < -0.4 is 10.5 Å². The van der Waals surface area contributed by atoms with Crippen molar-refractivity contribution in [3.63, 3.8) is 0 Å². The second kappa shape index (κ2) is 6.04. The highest BCUT2D eigenvalue weighted by atomic mass is 35.5. The van der Waals surface area contributed by atoms with Gasteiger partial charge in [0.15, 0.2) is 0 Å². The van der Waals surface area contributed by atoms with Crippen molar-refractivity contribution in [3.05, 3.63) is 62.6 Å². The standard InChI is InChI=1S/C16H17Cl2NO/c1-9-7-15(20-3)10(2)6-12(9)16(19)11-4-5-13(17)14(18)8-11/h4-8,16H,19H2,1-3H3. The molecule has 1 unspecified atom stereocenters. The zero-order valence-electron chi connectivity index (χ0n) is 11.7. The molecule has 0 saturated heterocycles. The summed E-state index contributed by atoms with van der Waals surface area (Å²) in [5.74, 6) is 0.868. The van der Waals surface area contributed by atoms with Crippen molar-refractivity contribution < 1.29 is 4.74 Å². The molecule has 1 atom stereocenters. The smallest absolute Gasteiger partial charge is 0.122 e. The van der Waals surface area contributed by atoms with E-state index in [1.807, 2.05) is 32.0 Å². The normalized spacial score (nSPS) is 12.3. The van der Waals surface area contributed by atoms with E-state index in [1.54, 1.807) is 13.2 Å². The Balaban J connectivity index is 2.45. The monoisotopic (exact) mass is 309 g/mol. The fraction of sp³-hybridized carbons (Fsp3) is 0.250. The molecule has 2 aromatic carbocycles. The first-order valence-electron chi connectivity index (χ1n) is 6.29. The highest BCUT2D eigenvalue weighted by Crippen LogP contribution is 2.31. The van der Waals surface area contributed by atoms with Gasteiger partial charge in [-0.05, 0) is 54.3 Å². The Labute approximate surface area is 129 Å². The summed E-state index contributed by atoms with van der Waals surface area (Å²) in [6.45, 7) is 4.03. The highest BCUT2D eigenvalue weighted by Gasteiger charge is 2.15. The number of ether oxygens (including phenoxy) is 1. The average molecular weight is 310 g/mol. The Morgan fingerprint density at radius 1 is 1.00 bits per heavy atom. The molecule has 106 valence electrons. The van der Waals surface area contributed by atoms with Gasteiger partial charge in [-0.1, -0.05) is 35.3 Å². The summed E-state index contributed by atoms with van der Waals surface area (Å²) in [7, 11) is 1.67. The summed E-state index contributed by atoms with van der Waals surface area (Å²) in [6, 6.07) is 9.30. The second-order valence-electron chi connectivity index (χ2n) is 4.83. The van der Waals surface area contributed by atoms with E-state index in [9.17, 15) is 0 Å². The summed E-state index contributed by atoms with van der Waals surface area (Å²) in [5, 5.41) is 1.05. The second-order valence-corrected chi connectivity index (χ2v) is 5.64. The topological polar surface area (TPSA) is 35.2 Å². The van der Waals surface area contributed by atoms with Crippen molar-refractivity contribution in [2.75, 3.05) is 7.11 Å². The summed E-state index contributed by atoms with van der Waals surface area (Å²) < 4.78 is 5.32. The van der Waals surface area contributed by atoms with E-state index in [-0.39, 0.29) is 6.04 Å². The average Bonchev–Trinajstić information content (AvgIpc) is 2.43. The van der Waals surface area contributed by atoms with Crippen LogP contribution in [0.4, 0.5) is 0 Å². The molecule has 20 heavy (non-hydrogen) atoms. The van der Waals surface area contributed by atoms with E-state index in [0.717, 1.165) is 28.0 Å². The molecule has 0 aliphatic heterocycles. The first-order chi connectivity index (χ1) is 9.43. The zero-order chi connectivity index (χ0) is 14.9. The minimum absolute atomic E-state index is 0.241. The first-order valence-corrected chi connectivity index (χ1v) is 7.05. The Morgan fingerprint density at radius 2 is 1.70 bits per heavy atom. The van der Waals surface area contributed by atoms with Gasteiger partial charge in [-0.15, -0.1) is 0 Å². The van der Waals surface area contributed by atoms with Gasteiger partial charge in [-0.3, -0.25) is 0 Å². The van der Waals surface area contributed by atoms with Crippen LogP contribution in [0.15, 0.2) is 30.3 Å². The minimum Gasteiger partial charge on any atom is -0.496 e. The van der Waals surface area contributed by atoms with Crippen molar-refractivity contribution in [2.45, 2.75) is 19.9 Å². The van der Waals surface area contributed by atoms with Gasteiger partial charge in [-0.2, -0.15) is 0 Å². The number of nitrogens with two attached hydrogens (primary N) is 1. The fourth-order valence-electron chi connectivity index (χ4n) is 2.25. The Bertz CT molecular complexity index is 641. The SMILES string of the molecule is COc1cc(C)c(C(N)c2ccc(Cl)c(Cl)c2)cc1C. The number of benzene rings is 2. The largest absolute Gasteiger partial charge is 0.496 e. The number of methoxy groups -OCH3 is 1. The number of halogens is 2. The van der Waals surface area contributed by atoms with Gasteiger partial charge < -0.3 is 10.5 Å². The molecule has 0 bridgehead atoms. The minimum atomic E-state index is -0.241. The van der Waals surface area contributed by atoms with Crippen LogP contribution in [0.25, 0.3) is 0 Å². The van der Waals surface area contributed by atoms with Gasteiger partial charge in [0.05, 0.1) is 23.2 Å². The Hall–Kier alpha value is -1.22. The summed E-state index contributed by atoms with van der Waals surface area (Å²) >= 11 is 12.0. The summed E-state index contributed by atoms with van der Waals surface area (Å²) in [5.41, 5.74) is 10.5. The molecule has 2 rings (SSSR count). The van der Waals surface area contributed by atoms with Crippen LogP contribution in [-0.4, -0.2) is 7.11 Å². The third-order valence-corrected chi connectivity index (χ3v) is 4.16. The van der Waals surface area contributed by atoms with E-state index >= 15 is 0 Å². The lowest BCUT2D eigenvalue weighted by Crippen LogP contribution is -2.13. The van der Waals surface area contributed by atoms with Crippen molar-refractivity contribution in [2.24, 2.45) is 5.73 Å². The van der Waals surface area contributed by atoms with Crippen LogP contribution in [-0.2, 0) is 0 Å². The van der Waals surface area contributed by atoms with E-state index in [0.29, 0.717) is 10.0 Å². The molecular weight excluding hydrogens is 293 g/mol. The lowest BCUT2D eigenvalue weighted by molar-refractivity contribution is 0.411. The van der Waals surface area contributed by atoms with Crippen molar-refractivity contribution in [3.8, 4) is 5.75 Å². The summed E-state index contributed by atoms with van der Waals surface area (Å²) in [6.07, 6.45) is 0. The van der Waals surface area contributed by atoms with Crippen LogP contribution in [0.2, 0.25) is 10.0 Å². The van der Waals surface area contributed by atoms with Gasteiger partial charge in [-0.25, -0.2) is 0 Å². The molecule has 0 aliphatic rings. The summed E-state index contributed by atoms with van der Waals surface area (Å²) in [4.78, 5) is 0. The van der Waals surface area contributed by atoms with E-state index in [4.69, 9.17) is 33.7 Å². The number of hydrogen-bond donors (Lipinski definition) is 1. The fourth-order valence-corrected chi connectivity index (χ4v) is 2.56. The Kier molecular flexibility index (Phi) is 4.59. The predicted molar refractivity (Wildman–Crippen MR) is 85.0 cm³/mol. The molecular formula is C16H17Cl2NO. The van der Waals surface area contributed by atoms with Gasteiger partial charge in [0.25, 0.3) is 0 Å². The quantitative estimate of drug-likeness (QED) is 0.894. The van der Waals surface area contributed by atoms with Crippen LogP contribution in [0.5, 0.6) is 5.75 Å². The maximum absolute atomic E-state index is 6.35. The van der Waals surface area contributed by atoms with Gasteiger partial charge in [0.2, 0.25) is 0 Å². The lowest BCUT2D eigenvalue weighted by atomic mass is 9.94. The molecule has 0 fully saturated rings. The van der Waals surface area contributed by atoms with E-state index < -0.39 is 0 Å². The van der Waals surface area contributed by atoms with Gasteiger partial charge in [0.1, 0.15) is 5.75 Å². The number of hydrogen-bond acceptors (Lipinski definition) is 2. The molecule has 0 radical (unpaired) electrons. The lowest BCUT2D eigenvalue weighted by Gasteiger charge is -2.18. The van der Waals surface area contributed by atoms with E-state index in [1.165, 1.54) is 0 Å². The van der Waals surface area contributed by atoms with E-state index in [2.05, 4.69) is 6.07 Å². The number of rotatable bonds is 3. The van der Waals surface area contributed by atoms with Crippen molar-refractivity contribution in [1.29, 1.82) is 0 Å². The molecule has 0 spiro atoms. The molecule has 0 saturated carbocycles. The molecule has 0 heterocycles. The first kappa shape index (κ1) is 15.2. The predicted octanol–water partition coefficient (Wildman–Crippen LogP) is 4.67. The van der Waals surface area contributed by atoms with Gasteiger partial charge in [0, 0.05) is 0 Å². The molecule has 0 amide bonds. The van der Waals surface area contributed by atoms with Crippen LogP contribution >= 0.6 is 23.2 Å². The maximum atomic E-state index is 6.35. The van der Waals surface area contributed by atoms with Crippen LogP contribution in [0.3, 0.4) is 0 Å². The Morgan fingerprint density at radius 3 is 2.30 bits per heavy atom. The molecule has 2 aromatic rings. The number of aryl methyl sites for hydroxylation is 2. The van der Waals surface area contributed by atoms with Crippen LogP contribution in [0, 0.1) is 13.8 Å². The highest BCUT2D eigenvalue weighted by molar-refractivity contribution is 6.42. The third kappa shape index (κ3) is 2.93.